The standard InChI is InChI=1S/C15H22N2O2S/c1-3-11-10(9-14(18)19)12(4-2)17-15(16-11)13-7-5-6-8-20-13/h13H,3-9H2,1-2H3,(H,18,19). The summed E-state index contributed by atoms with van der Waals surface area (Å²) in [5.41, 5.74) is 2.66. The summed E-state index contributed by atoms with van der Waals surface area (Å²) in [5.74, 6) is 1.28. The van der Waals surface area contributed by atoms with Crippen LogP contribution in [0.1, 0.15) is 61.1 Å². The molecule has 2 rings (SSSR count). The number of hydrogen-bond acceptors (Lipinski definition) is 4. The van der Waals surface area contributed by atoms with Gasteiger partial charge < -0.3 is 5.11 Å². The topological polar surface area (TPSA) is 63.1 Å². The van der Waals surface area contributed by atoms with Crippen molar-refractivity contribution in [1.82, 2.24) is 9.97 Å². The first kappa shape index (κ1) is 15.3. The predicted octanol–water partition coefficient (Wildman–Crippen LogP) is 3.19. The summed E-state index contributed by atoms with van der Waals surface area (Å²) in [6.45, 7) is 4.07. The van der Waals surface area contributed by atoms with Crippen molar-refractivity contribution in [3.05, 3.63) is 22.8 Å². The minimum absolute atomic E-state index is 0.0322. The van der Waals surface area contributed by atoms with Crippen LogP contribution in [0.25, 0.3) is 0 Å². The number of carbonyl (C=O) groups is 1. The average molecular weight is 294 g/mol. The van der Waals surface area contributed by atoms with E-state index in [1.807, 2.05) is 25.6 Å². The zero-order chi connectivity index (χ0) is 14.5. The van der Waals surface area contributed by atoms with E-state index in [4.69, 9.17) is 5.11 Å². The number of carboxylic acids is 1. The first-order chi connectivity index (χ1) is 9.65. The number of nitrogens with zero attached hydrogens (tertiary/aromatic N) is 2. The van der Waals surface area contributed by atoms with Crippen LogP contribution in [-0.4, -0.2) is 26.8 Å². The van der Waals surface area contributed by atoms with Crippen molar-refractivity contribution in [3.8, 4) is 0 Å². The molecule has 20 heavy (non-hydrogen) atoms. The second-order valence-electron chi connectivity index (χ2n) is 5.09. The van der Waals surface area contributed by atoms with Crippen molar-refractivity contribution in [1.29, 1.82) is 0 Å². The van der Waals surface area contributed by atoms with Gasteiger partial charge in [0, 0.05) is 17.0 Å². The second kappa shape index (κ2) is 7.07. The van der Waals surface area contributed by atoms with Gasteiger partial charge in [-0.15, -0.1) is 0 Å². The van der Waals surface area contributed by atoms with Crippen LogP contribution in [-0.2, 0) is 24.1 Å². The monoisotopic (exact) mass is 294 g/mol. The largest absolute Gasteiger partial charge is 0.481 e. The van der Waals surface area contributed by atoms with Crippen LogP contribution in [0.2, 0.25) is 0 Å². The molecule has 1 unspecified atom stereocenters. The summed E-state index contributed by atoms with van der Waals surface area (Å²) in [4.78, 5) is 20.4. The highest BCUT2D eigenvalue weighted by Crippen LogP contribution is 2.37. The van der Waals surface area contributed by atoms with Crippen LogP contribution in [0, 0.1) is 0 Å². The van der Waals surface area contributed by atoms with E-state index in [2.05, 4.69) is 9.97 Å². The average Bonchev–Trinajstić information content (AvgIpc) is 2.47. The maximum atomic E-state index is 11.0. The van der Waals surface area contributed by atoms with E-state index in [1.54, 1.807) is 0 Å². The fourth-order valence-electron chi connectivity index (χ4n) is 2.63. The molecule has 2 heterocycles. The molecule has 0 radical (unpaired) electrons. The molecule has 0 aliphatic carbocycles. The summed E-state index contributed by atoms with van der Waals surface area (Å²) in [6, 6.07) is 0. The first-order valence-electron chi connectivity index (χ1n) is 7.37. The Balaban J connectivity index is 2.37. The van der Waals surface area contributed by atoms with Crippen LogP contribution >= 0.6 is 11.8 Å². The van der Waals surface area contributed by atoms with Crippen molar-refractivity contribution in [2.24, 2.45) is 0 Å². The molecule has 1 fully saturated rings. The lowest BCUT2D eigenvalue weighted by Gasteiger charge is -2.22. The number of aromatic nitrogens is 2. The number of aliphatic carboxylic acids is 1. The zero-order valence-electron chi connectivity index (χ0n) is 12.2. The van der Waals surface area contributed by atoms with Crippen LogP contribution < -0.4 is 0 Å². The fraction of sp³-hybridized carbons (Fsp3) is 0.667. The molecule has 1 N–H and O–H groups in total. The summed E-state index contributed by atoms with van der Waals surface area (Å²) in [5, 5.41) is 9.45. The van der Waals surface area contributed by atoms with Gasteiger partial charge in [-0.25, -0.2) is 9.97 Å². The van der Waals surface area contributed by atoms with Gasteiger partial charge in [0.25, 0.3) is 0 Å². The zero-order valence-corrected chi connectivity index (χ0v) is 13.0. The van der Waals surface area contributed by atoms with Crippen molar-refractivity contribution < 1.29 is 9.90 Å². The molecule has 1 aromatic heterocycles. The molecule has 1 aliphatic heterocycles. The van der Waals surface area contributed by atoms with Crippen LogP contribution in [0.4, 0.5) is 0 Å². The quantitative estimate of drug-likeness (QED) is 0.903. The molecule has 4 nitrogen and oxygen atoms in total. The molecule has 0 amide bonds. The number of thioether (sulfide) groups is 1. The van der Waals surface area contributed by atoms with E-state index < -0.39 is 5.97 Å². The Morgan fingerprint density at radius 3 is 2.35 bits per heavy atom. The van der Waals surface area contributed by atoms with E-state index in [0.717, 1.165) is 42.0 Å². The molecule has 5 heteroatoms. The molecule has 0 spiro atoms. The number of hydrogen-bond donors (Lipinski definition) is 1. The van der Waals surface area contributed by atoms with Crippen LogP contribution in [0.5, 0.6) is 0 Å². The lowest BCUT2D eigenvalue weighted by Crippen LogP contribution is -2.15. The Hall–Kier alpha value is -1.10. The maximum Gasteiger partial charge on any atom is 0.307 e. The Morgan fingerprint density at radius 2 is 1.90 bits per heavy atom. The molecule has 1 saturated heterocycles. The van der Waals surface area contributed by atoms with Gasteiger partial charge in [0.1, 0.15) is 5.82 Å². The van der Waals surface area contributed by atoms with Crippen LogP contribution in [0.15, 0.2) is 0 Å². The van der Waals surface area contributed by atoms with E-state index in [1.165, 1.54) is 18.6 Å². The fourth-order valence-corrected chi connectivity index (χ4v) is 3.87. The van der Waals surface area contributed by atoms with Crippen LogP contribution in [0.3, 0.4) is 0 Å². The van der Waals surface area contributed by atoms with Gasteiger partial charge in [-0.05, 0) is 31.4 Å². The minimum Gasteiger partial charge on any atom is -0.481 e. The molecular weight excluding hydrogens is 272 g/mol. The molecule has 1 aliphatic rings. The van der Waals surface area contributed by atoms with Gasteiger partial charge in [0.05, 0.1) is 11.7 Å². The third kappa shape index (κ3) is 3.51. The van der Waals surface area contributed by atoms with Gasteiger partial charge in [-0.3, -0.25) is 4.79 Å². The predicted molar refractivity (Wildman–Crippen MR) is 81.2 cm³/mol. The van der Waals surface area contributed by atoms with Crippen molar-refractivity contribution in [2.75, 3.05) is 5.75 Å². The third-order valence-electron chi connectivity index (χ3n) is 3.66. The van der Waals surface area contributed by atoms with Gasteiger partial charge in [0.2, 0.25) is 0 Å². The molecule has 0 aromatic carbocycles. The molecule has 1 atom stereocenters. The van der Waals surface area contributed by atoms with Crippen molar-refractivity contribution >= 4 is 17.7 Å². The lowest BCUT2D eigenvalue weighted by atomic mass is 10.0. The van der Waals surface area contributed by atoms with E-state index in [0.29, 0.717) is 5.25 Å². The Labute approximate surface area is 124 Å². The normalized spacial score (nSPS) is 19.0. The number of rotatable bonds is 5. The number of aryl methyl sites for hydroxylation is 2. The highest BCUT2D eigenvalue weighted by Gasteiger charge is 2.22. The van der Waals surface area contributed by atoms with Crippen molar-refractivity contribution in [2.45, 2.75) is 57.6 Å². The summed E-state index contributed by atoms with van der Waals surface area (Å²) >= 11 is 1.93. The first-order valence-corrected chi connectivity index (χ1v) is 8.42. The molecule has 1 aromatic rings. The molecule has 0 saturated carbocycles. The maximum absolute atomic E-state index is 11.0. The van der Waals surface area contributed by atoms with Gasteiger partial charge in [-0.2, -0.15) is 11.8 Å². The Bertz CT molecular complexity index is 460. The Morgan fingerprint density at radius 1 is 1.25 bits per heavy atom. The van der Waals surface area contributed by atoms with Gasteiger partial charge in [-0.1, -0.05) is 20.3 Å². The van der Waals surface area contributed by atoms with Gasteiger partial charge in [0.15, 0.2) is 0 Å². The van der Waals surface area contributed by atoms with E-state index in [-0.39, 0.29) is 6.42 Å². The van der Waals surface area contributed by atoms with E-state index in [9.17, 15) is 4.79 Å². The highest BCUT2D eigenvalue weighted by molar-refractivity contribution is 7.99. The SMILES string of the molecule is CCc1nc(C2CCCCS2)nc(CC)c1CC(=O)O. The molecule has 110 valence electrons. The smallest absolute Gasteiger partial charge is 0.307 e. The molecule has 0 bridgehead atoms. The molecular formula is C15H22N2O2S. The second-order valence-corrected chi connectivity index (χ2v) is 6.40. The van der Waals surface area contributed by atoms with Gasteiger partial charge >= 0.3 is 5.97 Å². The third-order valence-corrected chi connectivity index (χ3v) is 5.03. The lowest BCUT2D eigenvalue weighted by molar-refractivity contribution is -0.136. The summed E-state index contributed by atoms with van der Waals surface area (Å²) in [7, 11) is 0. The minimum atomic E-state index is -0.808. The number of carboxylic acid groups (broad SMARTS) is 1. The summed E-state index contributed by atoms with van der Waals surface area (Å²) < 4.78 is 0. The van der Waals surface area contributed by atoms with Crippen molar-refractivity contribution in [3.63, 3.8) is 0 Å². The van der Waals surface area contributed by atoms with E-state index >= 15 is 0 Å². The highest BCUT2D eigenvalue weighted by atomic mass is 32.2. The Kier molecular flexibility index (Phi) is 5.40. The summed E-state index contributed by atoms with van der Waals surface area (Å²) in [6.07, 6.45) is 5.21.